The zero-order valence-corrected chi connectivity index (χ0v) is 15.3. The average molecular weight is 359 g/mol. The molecule has 8 nitrogen and oxygen atoms in total. The second kappa shape index (κ2) is 13.6. The number of hydrogen-bond donors (Lipinski definition) is 1. The first-order valence-electron chi connectivity index (χ1n) is 8.24. The van der Waals surface area contributed by atoms with Gasteiger partial charge in [-0.3, -0.25) is 19.2 Å². The van der Waals surface area contributed by atoms with Crippen LogP contribution in [0.1, 0.15) is 40.0 Å². The van der Waals surface area contributed by atoms with Gasteiger partial charge in [-0.2, -0.15) is 0 Å². The lowest BCUT2D eigenvalue weighted by atomic mass is 10.0. The normalized spacial score (nSPS) is 11.2. The molecular weight excluding hydrogens is 330 g/mol. The summed E-state index contributed by atoms with van der Waals surface area (Å²) >= 11 is 0. The van der Waals surface area contributed by atoms with Crippen molar-refractivity contribution in [2.75, 3.05) is 39.6 Å². The highest BCUT2D eigenvalue weighted by molar-refractivity contribution is 5.76. The largest absolute Gasteiger partial charge is 0.378 e. The van der Waals surface area contributed by atoms with Crippen LogP contribution in [0.25, 0.3) is 0 Å². The molecule has 0 aliphatic carbocycles. The van der Waals surface area contributed by atoms with Crippen molar-refractivity contribution in [1.29, 1.82) is 0 Å². The van der Waals surface area contributed by atoms with Crippen molar-refractivity contribution < 1.29 is 33.4 Å². The second-order valence-corrected chi connectivity index (χ2v) is 6.06. The molecule has 0 spiro atoms. The summed E-state index contributed by atoms with van der Waals surface area (Å²) in [6, 6.07) is 0. The van der Waals surface area contributed by atoms with Crippen LogP contribution in [-0.4, -0.2) is 68.9 Å². The van der Waals surface area contributed by atoms with E-state index in [1.165, 1.54) is 20.8 Å². The Morgan fingerprint density at radius 1 is 0.760 bits per heavy atom. The van der Waals surface area contributed by atoms with Crippen LogP contribution in [0.3, 0.4) is 0 Å². The summed E-state index contributed by atoms with van der Waals surface area (Å²) in [5.41, 5.74) is -0.952. The molecule has 0 bridgehead atoms. The maximum atomic E-state index is 11.0. The highest BCUT2D eigenvalue weighted by Gasteiger charge is 2.31. The smallest absolute Gasteiger partial charge is 0.207 e. The van der Waals surface area contributed by atoms with Crippen LogP contribution in [0.4, 0.5) is 0 Å². The highest BCUT2D eigenvalue weighted by Crippen LogP contribution is 2.09. The van der Waals surface area contributed by atoms with Crippen molar-refractivity contribution in [3.63, 3.8) is 0 Å². The molecule has 0 atom stereocenters. The molecule has 0 aliphatic heterocycles. The van der Waals surface area contributed by atoms with Crippen molar-refractivity contribution in [1.82, 2.24) is 5.32 Å². The summed E-state index contributed by atoms with van der Waals surface area (Å²) < 4.78 is 16.4. The van der Waals surface area contributed by atoms with E-state index >= 15 is 0 Å². The number of amides is 1. The molecule has 1 amide bonds. The molecule has 0 unspecified atom stereocenters. The molecule has 144 valence electrons. The van der Waals surface area contributed by atoms with E-state index in [1.807, 2.05) is 0 Å². The Morgan fingerprint density at radius 2 is 1.08 bits per heavy atom. The Hall–Kier alpha value is -1.64. The highest BCUT2D eigenvalue weighted by atomic mass is 16.5. The lowest BCUT2D eigenvalue weighted by Crippen LogP contribution is -2.56. The topological polar surface area (TPSA) is 108 Å². The molecule has 0 rings (SSSR count). The fourth-order valence-corrected chi connectivity index (χ4v) is 1.83. The van der Waals surface area contributed by atoms with Gasteiger partial charge in [-0.1, -0.05) is 0 Å². The molecule has 0 radical (unpaired) electrons. The fraction of sp³-hybridized carbons (Fsp3) is 0.765. The van der Waals surface area contributed by atoms with Crippen molar-refractivity contribution in [2.45, 2.75) is 45.6 Å². The van der Waals surface area contributed by atoms with Crippen LogP contribution in [-0.2, 0) is 33.4 Å². The first-order valence-corrected chi connectivity index (χ1v) is 8.24. The Bertz CT molecular complexity index is 382. The third kappa shape index (κ3) is 13.3. The first kappa shape index (κ1) is 23.4. The molecule has 0 aromatic carbocycles. The van der Waals surface area contributed by atoms with E-state index in [0.717, 1.165) is 0 Å². The zero-order chi connectivity index (χ0) is 19.1. The summed E-state index contributed by atoms with van der Waals surface area (Å²) in [5, 5.41) is 2.65. The van der Waals surface area contributed by atoms with Gasteiger partial charge in [-0.05, 0) is 20.8 Å². The minimum absolute atomic E-state index is 0.00404. The van der Waals surface area contributed by atoms with E-state index in [0.29, 0.717) is 6.41 Å². The van der Waals surface area contributed by atoms with E-state index in [1.54, 1.807) is 0 Å². The number of carbonyl (C=O) groups excluding carboxylic acids is 4. The monoisotopic (exact) mass is 359 g/mol. The number of ketones is 3. The molecule has 0 aromatic heterocycles. The summed E-state index contributed by atoms with van der Waals surface area (Å²) in [6.45, 7) is 5.31. The van der Waals surface area contributed by atoms with E-state index < -0.39 is 5.54 Å². The molecule has 25 heavy (non-hydrogen) atoms. The Morgan fingerprint density at radius 3 is 1.32 bits per heavy atom. The van der Waals surface area contributed by atoms with E-state index in [9.17, 15) is 19.2 Å². The molecule has 8 heteroatoms. The number of nitrogens with one attached hydrogen (secondary N) is 1. The second-order valence-electron chi connectivity index (χ2n) is 6.06. The molecule has 0 aliphatic rings. The summed E-state index contributed by atoms with van der Waals surface area (Å²) in [6.07, 6.45) is 1.34. The van der Waals surface area contributed by atoms with Crippen molar-refractivity contribution in [3.8, 4) is 0 Å². The third-order valence-electron chi connectivity index (χ3n) is 3.30. The number of Topliss-reactive ketones (excluding diaryl/α,β-unsaturated/α-hetero) is 3. The minimum Gasteiger partial charge on any atom is -0.378 e. The van der Waals surface area contributed by atoms with Crippen LogP contribution in [0.2, 0.25) is 0 Å². The van der Waals surface area contributed by atoms with Gasteiger partial charge in [0.1, 0.15) is 22.9 Å². The average Bonchev–Trinajstić information content (AvgIpc) is 2.52. The number of hydrogen-bond acceptors (Lipinski definition) is 7. The van der Waals surface area contributed by atoms with Gasteiger partial charge in [0.2, 0.25) is 6.41 Å². The maximum absolute atomic E-state index is 11.0. The first-order chi connectivity index (χ1) is 11.8. The Kier molecular flexibility index (Phi) is 12.7. The zero-order valence-electron chi connectivity index (χ0n) is 15.3. The van der Waals surface area contributed by atoms with Gasteiger partial charge in [0, 0.05) is 19.3 Å². The van der Waals surface area contributed by atoms with Crippen LogP contribution < -0.4 is 5.32 Å². The molecular formula is C17H29NO7. The van der Waals surface area contributed by atoms with Gasteiger partial charge in [0.25, 0.3) is 0 Å². The van der Waals surface area contributed by atoms with Gasteiger partial charge in [-0.25, -0.2) is 0 Å². The lowest BCUT2D eigenvalue weighted by molar-refractivity contribution is -0.122. The van der Waals surface area contributed by atoms with Crippen molar-refractivity contribution in [3.05, 3.63) is 0 Å². The standard InChI is InChI=1S/C17H29NO7/c1-14(20)4-7-23-10-17(18-13-19,11-24-8-5-15(2)21)12-25-9-6-16(3)22/h13H,4-12H2,1-3H3,(H,18,19). The van der Waals surface area contributed by atoms with Gasteiger partial charge in [-0.15, -0.1) is 0 Å². The van der Waals surface area contributed by atoms with E-state index in [4.69, 9.17) is 14.2 Å². The van der Waals surface area contributed by atoms with E-state index in [2.05, 4.69) is 5.32 Å². The van der Waals surface area contributed by atoms with Crippen LogP contribution >= 0.6 is 0 Å². The molecule has 1 N–H and O–H groups in total. The Balaban J connectivity index is 4.65. The Labute approximate surface area is 148 Å². The van der Waals surface area contributed by atoms with E-state index in [-0.39, 0.29) is 76.3 Å². The number of carbonyl (C=O) groups is 4. The SMILES string of the molecule is CC(=O)CCOCC(COCCC(C)=O)(COCCC(C)=O)NC=O. The molecule has 0 saturated heterocycles. The van der Waals surface area contributed by atoms with Gasteiger partial charge >= 0.3 is 0 Å². The third-order valence-corrected chi connectivity index (χ3v) is 3.30. The number of ether oxygens (including phenoxy) is 3. The van der Waals surface area contributed by atoms with Crippen LogP contribution in [0.5, 0.6) is 0 Å². The minimum atomic E-state index is -0.952. The van der Waals surface area contributed by atoms with Crippen molar-refractivity contribution >= 4 is 23.8 Å². The van der Waals surface area contributed by atoms with Crippen LogP contribution in [0.15, 0.2) is 0 Å². The molecule has 0 heterocycles. The lowest BCUT2D eigenvalue weighted by Gasteiger charge is -2.32. The predicted molar refractivity (Wildman–Crippen MR) is 90.3 cm³/mol. The summed E-state index contributed by atoms with van der Waals surface area (Å²) in [4.78, 5) is 43.9. The van der Waals surface area contributed by atoms with Gasteiger partial charge in [0.05, 0.1) is 39.6 Å². The summed E-state index contributed by atoms with van der Waals surface area (Å²) in [7, 11) is 0. The van der Waals surface area contributed by atoms with Crippen LogP contribution in [0, 0.1) is 0 Å². The number of rotatable bonds is 17. The maximum Gasteiger partial charge on any atom is 0.207 e. The van der Waals surface area contributed by atoms with Gasteiger partial charge < -0.3 is 19.5 Å². The summed E-state index contributed by atoms with van der Waals surface area (Å²) in [5.74, 6) is 0.0121. The molecule has 0 saturated carbocycles. The quantitative estimate of drug-likeness (QED) is 0.297. The van der Waals surface area contributed by atoms with Gasteiger partial charge in [0.15, 0.2) is 0 Å². The molecule has 0 fully saturated rings. The molecule has 0 aromatic rings. The predicted octanol–water partition coefficient (Wildman–Crippen LogP) is 0.458. The fourth-order valence-electron chi connectivity index (χ4n) is 1.83. The van der Waals surface area contributed by atoms with Crippen molar-refractivity contribution in [2.24, 2.45) is 0 Å².